The van der Waals surface area contributed by atoms with E-state index in [1.54, 1.807) is 0 Å². The Morgan fingerprint density at radius 2 is 2.08 bits per heavy atom. The quantitative estimate of drug-likeness (QED) is 0.605. The Morgan fingerprint density at radius 3 is 2.46 bits per heavy atom. The van der Waals surface area contributed by atoms with Gasteiger partial charge in [-0.05, 0) is 24.2 Å². The van der Waals surface area contributed by atoms with E-state index in [9.17, 15) is 4.79 Å². The largest absolute Gasteiger partial charge is 0.342 e. The van der Waals surface area contributed by atoms with Crippen LogP contribution in [0, 0.1) is 17.3 Å². The molecule has 0 spiro atoms. The number of likely N-dealkylation sites (tertiary alicyclic amines) is 1. The molecule has 0 N–H and O–H groups in total. The first-order chi connectivity index (χ1) is 5.99. The van der Waals surface area contributed by atoms with E-state index in [0.29, 0.717) is 23.2 Å². The van der Waals surface area contributed by atoms with Gasteiger partial charge in [-0.25, -0.2) is 0 Å². The fourth-order valence-electron chi connectivity index (χ4n) is 2.20. The summed E-state index contributed by atoms with van der Waals surface area (Å²) in [6, 6.07) is 0. The van der Waals surface area contributed by atoms with Gasteiger partial charge >= 0.3 is 0 Å². The first-order valence-electron chi connectivity index (χ1n) is 5.28. The van der Waals surface area contributed by atoms with E-state index in [2.05, 4.69) is 25.7 Å². The molecular formula is C11H19NO. The van der Waals surface area contributed by atoms with E-state index in [0.717, 1.165) is 19.5 Å². The molecule has 0 aromatic heterocycles. The molecule has 74 valence electrons. The summed E-state index contributed by atoms with van der Waals surface area (Å²) in [6.45, 7) is 8.61. The molecule has 0 unspecified atom stereocenters. The number of carbonyl (C=O) groups is 1. The summed E-state index contributed by atoms with van der Waals surface area (Å²) < 4.78 is 0. The molecule has 1 aliphatic heterocycles. The predicted octanol–water partition coefficient (Wildman–Crippen LogP) is 1.90. The van der Waals surface area contributed by atoms with Gasteiger partial charge in [0.05, 0.1) is 0 Å². The van der Waals surface area contributed by atoms with Crippen LogP contribution in [0.3, 0.4) is 0 Å². The Hall–Kier alpha value is -0.530. The molecule has 1 saturated heterocycles. The molecule has 0 aromatic rings. The second-order valence-corrected chi connectivity index (χ2v) is 5.49. The monoisotopic (exact) mass is 181 g/mol. The maximum absolute atomic E-state index is 11.8. The lowest BCUT2D eigenvalue weighted by Crippen LogP contribution is -2.31. The average molecular weight is 181 g/mol. The number of rotatable bonds is 1. The molecule has 2 aliphatic rings. The molecule has 2 nitrogen and oxygen atoms in total. The zero-order chi connectivity index (χ0) is 9.64. The molecule has 2 heteroatoms. The van der Waals surface area contributed by atoms with E-state index in [1.165, 1.54) is 6.42 Å². The summed E-state index contributed by atoms with van der Waals surface area (Å²) in [5, 5.41) is 0. The molecule has 0 aromatic carbocycles. The van der Waals surface area contributed by atoms with E-state index >= 15 is 0 Å². The highest BCUT2D eigenvalue weighted by atomic mass is 16.2. The lowest BCUT2D eigenvalue weighted by atomic mass is 9.93. The fourth-order valence-corrected chi connectivity index (χ4v) is 2.20. The topological polar surface area (TPSA) is 20.3 Å². The lowest BCUT2D eigenvalue weighted by molar-refractivity contribution is -0.132. The smallest absolute Gasteiger partial charge is 0.225 e. The Labute approximate surface area is 80.3 Å². The second-order valence-electron chi connectivity index (χ2n) is 5.49. The van der Waals surface area contributed by atoms with Crippen molar-refractivity contribution in [2.24, 2.45) is 17.3 Å². The minimum absolute atomic E-state index is 0.355. The highest BCUT2D eigenvalue weighted by Gasteiger charge is 2.44. The van der Waals surface area contributed by atoms with E-state index in [1.807, 2.05) is 0 Å². The van der Waals surface area contributed by atoms with Gasteiger partial charge in [-0.2, -0.15) is 0 Å². The van der Waals surface area contributed by atoms with Crippen LogP contribution in [0.25, 0.3) is 0 Å². The molecule has 2 rings (SSSR count). The molecule has 0 radical (unpaired) electrons. The Bertz CT molecular complexity index is 234. The zero-order valence-corrected chi connectivity index (χ0v) is 8.84. The third kappa shape index (κ3) is 1.72. The summed E-state index contributed by atoms with van der Waals surface area (Å²) in [5.74, 6) is 1.43. The molecular weight excluding hydrogens is 162 g/mol. The lowest BCUT2D eigenvalue weighted by Gasteiger charge is -2.19. The predicted molar refractivity (Wildman–Crippen MR) is 52.2 cm³/mol. The molecule has 1 amide bonds. The molecule has 1 heterocycles. The normalized spacial score (nSPS) is 36.4. The summed E-state index contributed by atoms with van der Waals surface area (Å²) >= 11 is 0. The van der Waals surface area contributed by atoms with Gasteiger partial charge in [-0.3, -0.25) is 4.79 Å². The van der Waals surface area contributed by atoms with Crippen LogP contribution < -0.4 is 0 Å². The van der Waals surface area contributed by atoms with Crippen molar-refractivity contribution in [3.8, 4) is 0 Å². The van der Waals surface area contributed by atoms with Crippen LogP contribution in [0.5, 0.6) is 0 Å². The Balaban J connectivity index is 1.93. The number of hydrogen-bond donors (Lipinski definition) is 0. The van der Waals surface area contributed by atoms with Crippen LogP contribution in [0.4, 0.5) is 0 Å². The highest BCUT2D eigenvalue weighted by molar-refractivity contribution is 5.81. The maximum Gasteiger partial charge on any atom is 0.225 e. The van der Waals surface area contributed by atoms with Gasteiger partial charge in [0.1, 0.15) is 0 Å². The van der Waals surface area contributed by atoms with Gasteiger partial charge < -0.3 is 4.90 Å². The van der Waals surface area contributed by atoms with Crippen molar-refractivity contribution >= 4 is 5.91 Å². The van der Waals surface area contributed by atoms with Crippen molar-refractivity contribution in [1.29, 1.82) is 0 Å². The number of amides is 1. The van der Waals surface area contributed by atoms with Gasteiger partial charge in [0.2, 0.25) is 5.91 Å². The van der Waals surface area contributed by atoms with Crippen molar-refractivity contribution in [2.75, 3.05) is 13.1 Å². The molecule has 13 heavy (non-hydrogen) atoms. The van der Waals surface area contributed by atoms with Crippen molar-refractivity contribution in [3.63, 3.8) is 0 Å². The first-order valence-corrected chi connectivity index (χ1v) is 5.28. The van der Waals surface area contributed by atoms with Gasteiger partial charge in [0.25, 0.3) is 0 Å². The zero-order valence-electron chi connectivity index (χ0n) is 8.84. The average Bonchev–Trinajstić information content (AvgIpc) is 2.64. The summed E-state index contributed by atoms with van der Waals surface area (Å²) in [6.07, 6.45) is 2.29. The second kappa shape index (κ2) is 2.73. The van der Waals surface area contributed by atoms with Crippen LogP contribution in [-0.4, -0.2) is 23.9 Å². The van der Waals surface area contributed by atoms with Gasteiger partial charge in [0, 0.05) is 19.0 Å². The number of hydrogen-bond acceptors (Lipinski definition) is 1. The molecule has 1 aliphatic carbocycles. The van der Waals surface area contributed by atoms with E-state index in [4.69, 9.17) is 0 Å². The molecule has 2 atom stereocenters. The molecule has 1 saturated carbocycles. The maximum atomic E-state index is 11.8. The standard InChI is InChI=1S/C11H19NO/c1-8-6-9(8)10(13)12-5-4-11(2,3)7-12/h8-9H,4-7H2,1-3H3/t8-,9-/m0/s1. The number of carbonyl (C=O) groups excluding carboxylic acids is 1. The van der Waals surface area contributed by atoms with Crippen LogP contribution in [0.2, 0.25) is 0 Å². The van der Waals surface area contributed by atoms with Crippen LogP contribution in [-0.2, 0) is 4.79 Å². The van der Waals surface area contributed by atoms with Crippen molar-refractivity contribution in [2.45, 2.75) is 33.6 Å². The Kier molecular flexibility index (Phi) is 1.90. The molecule has 2 fully saturated rings. The minimum Gasteiger partial charge on any atom is -0.342 e. The summed E-state index contributed by atoms with van der Waals surface area (Å²) in [5.41, 5.74) is 0.355. The first kappa shape index (κ1) is 9.04. The van der Waals surface area contributed by atoms with Gasteiger partial charge in [0.15, 0.2) is 0 Å². The van der Waals surface area contributed by atoms with Gasteiger partial charge in [-0.15, -0.1) is 0 Å². The summed E-state index contributed by atoms with van der Waals surface area (Å²) in [7, 11) is 0. The van der Waals surface area contributed by atoms with Crippen LogP contribution in [0.15, 0.2) is 0 Å². The third-order valence-electron chi connectivity index (χ3n) is 3.42. The highest BCUT2D eigenvalue weighted by Crippen LogP contribution is 2.41. The SMILES string of the molecule is C[C@H]1C[C@@H]1C(=O)N1CCC(C)(C)C1. The van der Waals surface area contributed by atoms with Crippen molar-refractivity contribution in [3.05, 3.63) is 0 Å². The van der Waals surface area contributed by atoms with E-state index < -0.39 is 0 Å². The summed E-state index contributed by atoms with van der Waals surface area (Å²) in [4.78, 5) is 13.9. The van der Waals surface area contributed by atoms with Gasteiger partial charge in [-0.1, -0.05) is 20.8 Å². The third-order valence-corrected chi connectivity index (χ3v) is 3.42. The van der Waals surface area contributed by atoms with Crippen molar-refractivity contribution < 1.29 is 4.79 Å². The van der Waals surface area contributed by atoms with Crippen LogP contribution in [0.1, 0.15) is 33.6 Å². The fraction of sp³-hybridized carbons (Fsp3) is 0.909. The van der Waals surface area contributed by atoms with Crippen molar-refractivity contribution in [1.82, 2.24) is 4.90 Å². The number of nitrogens with zero attached hydrogens (tertiary/aromatic N) is 1. The van der Waals surface area contributed by atoms with Crippen LogP contribution >= 0.6 is 0 Å². The molecule has 0 bridgehead atoms. The Morgan fingerprint density at radius 1 is 1.46 bits per heavy atom. The van der Waals surface area contributed by atoms with E-state index in [-0.39, 0.29) is 0 Å². The minimum atomic E-state index is 0.355.